The molecule has 1 fully saturated rings. The number of alkyl halides is 2. The van der Waals surface area contributed by atoms with E-state index in [1.54, 1.807) is 48.5 Å². The number of carbonyl (C=O) groups is 4. The van der Waals surface area contributed by atoms with Crippen LogP contribution in [0.25, 0.3) is 6.08 Å². The van der Waals surface area contributed by atoms with Gasteiger partial charge in [-0.15, -0.1) is 0 Å². The molecule has 3 N–H and O–H groups in total. The first-order chi connectivity index (χ1) is 20.4. The van der Waals surface area contributed by atoms with Crippen LogP contribution in [0.4, 0.5) is 8.78 Å². The van der Waals surface area contributed by atoms with E-state index in [9.17, 15) is 19.2 Å². The highest BCUT2D eigenvalue weighted by Gasteiger charge is 2.51. The summed E-state index contributed by atoms with van der Waals surface area (Å²) in [4.78, 5) is 53.5. The number of halogens is 4. The molecule has 0 aromatic heterocycles. The molecule has 9 nitrogen and oxygen atoms in total. The van der Waals surface area contributed by atoms with Crippen molar-refractivity contribution in [3.63, 3.8) is 0 Å². The highest BCUT2D eigenvalue weighted by atomic mass is 35.5. The predicted molar refractivity (Wildman–Crippen MR) is 160 cm³/mol. The Hall–Kier alpha value is -3.38. The number of morpholine rings is 1. The number of nitrogens with zero attached hydrogens (tertiary/aromatic N) is 1. The summed E-state index contributed by atoms with van der Waals surface area (Å²) in [7, 11) is 0. The van der Waals surface area contributed by atoms with Gasteiger partial charge in [-0.3, -0.25) is 24.1 Å². The normalized spacial score (nSPS) is 15.6. The molecule has 2 aromatic carbocycles. The van der Waals surface area contributed by atoms with E-state index in [2.05, 4.69) is 16.0 Å². The van der Waals surface area contributed by atoms with Crippen LogP contribution in [0.1, 0.15) is 31.0 Å². The number of hydrogen-bond donors (Lipinski definition) is 3. The molecule has 232 valence electrons. The lowest BCUT2D eigenvalue weighted by Crippen LogP contribution is -2.58. The van der Waals surface area contributed by atoms with E-state index in [0.29, 0.717) is 49.0 Å². The Morgan fingerprint density at radius 2 is 1.67 bits per heavy atom. The number of nitrogens with one attached hydrogen (secondary N) is 3. The number of benzene rings is 2. The van der Waals surface area contributed by atoms with Gasteiger partial charge in [0.25, 0.3) is 5.91 Å². The van der Waals surface area contributed by atoms with Crippen LogP contribution in [0.3, 0.4) is 0 Å². The van der Waals surface area contributed by atoms with E-state index < -0.39 is 47.4 Å². The smallest absolute Gasteiger partial charge is 0.379 e. The summed E-state index contributed by atoms with van der Waals surface area (Å²) < 4.78 is 35.3. The van der Waals surface area contributed by atoms with Gasteiger partial charge in [0.1, 0.15) is 6.04 Å². The van der Waals surface area contributed by atoms with Crippen LogP contribution < -0.4 is 16.0 Å². The molecule has 3 amide bonds. The standard InChI is InChI=1S/C30H34Cl2F2N4O5/c1-19(2)25(27(40)30(33,34)29(42)35-12-13-38-14-16-43-17-15-38)37-28(41)26(21-6-4-3-5-7-21)36-24(39)11-9-20-8-10-22(31)23(32)18-20/h3-11,18-19,25-26H,12-17H2,1-2H3,(H,35,42)(H,36,39)(H,37,41)/t25-,26-/m0/s1. The Morgan fingerprint density at radius 1 is 1.00 bits per heavy atom. The van der Waals surface area contributed by atoms with Crippen molar-refractivity contribution in [2.45, 2.75) is 31.9 Å². The van der Waals surface area contributed by atoms with Gasteiger partial charge in [-0.05, 0) is 35.3 Å². The van der Waals surface area contributed by atoms with E-state index in [1.807, 2.05) is 4.90 Å². The van der Waals surface area contributed by atoms with Crippen molar-refractivity contribution in [2.24, 2.45) is 5.92 Å². The third-order valence-electron chi connectivity index (χ3n) is 6.71. The van der Waals surface area contributed by atoms with Crippen molar-refractivity contribution in [1.82, 2.24) is 20.9 Å². The van der Waals surface area contributed by atoms with Crippen LogP contribution >= 0.6 is 23.2 Å². The highest BCUT2D eigenvalue weighted by Crippen LogP contribution is 2.24. The van der Waals surface area contributed by atoms with E-state index in [1.165, 1.54) is 26.0 Å². The molecule has 0 saturated carbocycles. The zero-order valence-electron chi connectivity index (χ0n) is 23.7. The summed E-state index contributed by atoms with van der Waals surface area (Å²) in [6, 6.07) is 9.78. The first-order valence-corrected chi connectivity index (χ1v) is 14.4. The van der Waals surface area contributed by atoms with Gasteiger partial charge in [-0.1, -0.05) is 73.4 Å². The molecule has 0 spiro atoms. The predicted octanol–water partition coefficient (Wildman–Crippen LogP) is 3.66. The lowest BCUT2D eigenvalue weighted by atomic mass is 9.94. The summed E-state index contributed by atoms with van der Waals surface area (Å²) in [5.74, 6) is -10.3. The summed E-state index contributed by atoms with van der Waals surface area (Å²) in [6.07, 6.45) is 2.62. The summed E-state index contributed by atoms with van der Waals surface area (Å²) >= 11 is 11.9. The molecular formula is C30H34Cl2F2N4O5. The van der Waals surface area contributed by atoms with Crippen LogP contribution in [-0.2, 0) is 23.9 Å². The molecular weight excluding hydrogens is 605 g/mol. The molecule has 13 heteroatoms. The Balaban J connectivity index is 1.71. The Bertz CT molecular complexity index is 1320. The van der Waals surface area contributed by atoms with Crippen molar-refractivity contribution in [2.75, 3.05) is 39.4 Å². The average Bonchev–Trinajstić information content (AvgIpc) is 2.99. The summed E-state index contributed by atoms with van der Waals surface area (Å²) in [5, 5.41) is 7.63. The van der Waals surface area contributed by atoms with Crippen LogP contribution in [0.2, 0.25) is 10.0 Å². The van der Waals surface area contributed by atoms with Crippen LogP contribution in [0.15, 0.2) is 54.6 Å². The maximum atomic E-state index is 15.0. The second-order valence-electron chi connectivity index (χ2n) is 10.2. The van der Waals surface area contributed by atoms with Gasteiger partial charge in [-0.2, -0.15) is 8.78 Å². The van der Waals surface area contributed by atoms with Gasteiger partial charge in [0.2, 0.25) is 17.6 Å². The first-order valence-electron chi connectivity index (χ1n) is 13.7. The largest absolute Gasteiger partial charge is 0.383 e. The van der Waals surface area contributed by atoms with Crippen LogP contribution in [0, 0.1) is 5.92 Å². The zero-order chi connectivity index (χ0) is 31.6. The molecule has 3 rings (SSSR count). The van der Waals surface area contributed by atoms with Gasteiger partial charge < -0.3 is 20.7 Å². The third kappa shape index (κ3) is 9.82. The fourth-order valence-corrected chi connectivity index (χ4v) is 4.57. The van der Waals surface area contributed by atoms with Gasteiger partial charge in [0.15, 0.2) is 0 Å². The third-order valence-corrected chi connectivity index (χ3v) is 7.45. The second-order valence-corrected chi connectivity index (χ2v) is 11.1. The first kappa shape index (κ1) is 34.1. The molecule has 0 bridgehead atoms. The number of ether oxygens (including phenoxy) is 1. The van der Waals surface area contributed by atoms with Crippen LogP contribution in [-0.4, -0.2) is 79.8 Å². The average molecular weight is 640 g/mol. The van der Waals surface area contributed by atoms with Gasteiger partial charge in [-0.25, -0.2) is 0 Å². The van der Waals surface area contributed by atoms with Gasteiger partial charge >= 0.3 is 5.92 Å². The fraction of sp³-hybridized carbons (Fsp3) is 0.400. The Morgan fingerprint density at radius 3 is 2.30 bits per heavy atom. The molecule has 0 unspecified atom stereocenters. The van der Waals surface area contributed by atoms with Crippen molar-refractivity contribution >= 4 is 52.8 Å². The Kier molecular flexibility index (Phi) is 12.6. The highest BCUT2D eigenvalue weighted by molar-refractivity contribution is 6.42. The van der Waals surface area contributed by atoms with E-state index >= 15 is 8.78 Å². The SMILES string of the molecule is CC(C)[C@H](NC(=O)[C@@H](NC(=O)C=Cc1ccc(Cl)c(Cl)c1)c1ccccc1)C(=O)C(F)(F)C(=O)NCCN1CCOCC1. The van der Waals surface area contributed by atoms with Crippen molar-refractivity contribution in [1.29, 1.82) is 0 Å². The monoisotopic (exact) mass is 638 g/mol. The van der Waals surface area contributed by atoms with E-state index in [4.69, 9.17) is 27.9 Å². The maximum absolute atomic E-state index is 15.0. The molecule has 1 aliphatic heterocycles. The molecule has 0 aliphatic carbocycles. The number of hydrogen-bond acceptors (Lipinski definition) is 6. The molecule has 1 saturated heterocycles. The number of carbonyl (C=O) groups excluding carboxylic acids is 4. The van der Waals surface area contributed by atoms with Crippen LogP contribution in [0.5, 0.6) is 0 Å². The number of Topliss-reactive ketones (excluding diaryl/α,β-unsaturated/α-hetero) is 1. The lowest BCUT2D eigenvalue weighted by molar-refractivity contribution is -0.161. The topological polar surface area (TPSA) is 117 Å². The minimum Gasteiger partial charge on any atom is -0.379 e. The maximum Gasteiger partial charge on any atom is 0.383 e. The minimum absolute atomic E-state index is 0.0851. The second kappa shape index (κ2) is 15.9. The van der Waals surface area contributed by atoms with Gasteiger partial charge in [0.05, 0.1) is 29.3 Å². The van der Waals surface area contributed by atoms with Crippen molar-refractivity contribution in [3.05, 3.63) is 75.8 Å². The summed E-state index contributed by atoms with van der Waals surface area (Å²) in [6.45, 7) is 5.40. The molecule has 2 atom stereocenters. The molecule has 43 heavy (non-hydrogen) atoms. The quantitative estimate of drug-likeness (QED) is 0.228. The van der Waals surface area contributed by atoms with Crippen molar-refractivity contribution < 1.29 is 32.7 Å². The van der Waals surface area contributed by atoms with E-state index in [0.717, 1.165) is 0 Å². The number of ketones is 1. The minimum atomic E-state index is -4.40. The fourth-order valence-electron chi connectivity index (χ4n) is 4.27. The summed E-state index contributed by atoms with van der Waals surface area (Å²) in [5.41, 5.74) is 0.917. The molecule has 2 aromatic rings. The van der Waals surface area contributed by atoms with Crippen molar-refractivity contribution in [3.8, 4) is 0 Å². The zero-order valence-corrected chi connectivity index (χ0v) is 25.3. The molecule has 0 radical (unpaired) electrons. The Labute approximate surface area is 258 Å². The number of rotatable bonds is 13. The molecule has 1 heterocycles. The van der Waals surface area contributed by atoms with E-state index in [-0.39, 0.29) is 11.6 Å². The van der Waals surface area contributed by atoms with Gasteiger partial charge in [0, 0.05) is 32.3 Å². The molecule has 1 aliphatic rings. The lowest BCUT2D eigenvalue weighted by Gasteiger charge is -2.28. The number of amides is 3.